The maximum absolute atomic E-state index is 13.2. The molecule has 0 bridgehead atoms. The zero-order chi connectivity index (χ0) is 23.5. The lowest BCUT2D eigenvalue weighted by Crippen LogP contribution is -2.34. The number of benzene rings is 2. The van der Waals surface area contributed by atoms with Crippen LogP contribution in [0.4, 0.5) is 5.69 Å². The molecule has 9 nitrogen and oxygen atoms in total. The second kappa shape index (κ2) is 9.52. The van der Waals surface area contributed by atoms with E-state index in [4.69, 9.17) is 14.2 Å². The van der Waals surface area contributed by atoms with Gasteiger partial charge in [0.05, 0.1) is 17.6 Å². The Morgan fingerprint density at radius 3 is 2.76 bits per heavy atom. The smallest absolute Gasteiger partial charge is 0.338 e. The van der Waals surface area contributed by atoms with Gasteiger partial charge in [0.15, 0.2) is 18.1 Å². The maximum Gasteiger partial charge on any atom is 0.338 e. The van der Waals surface area contributed by atoms with Gasteiger partial charge in [0, 0.05) is 23.2 Å². The van der Waals surface area contributed by atoms with Crippen LogP contribution < -0.4 is 14.4 Å². The summed E-state index contributed by atoms with van der Waals surface area (Å²) in [5.41, 5.74) is 2.37. The third kappa shape index (κ3) is 4.44. The summed E-state index contributed by atoms with van der Waals surface area (Å²) in [6, 6.07) is 14.3. The molecule has 0 fully saturated rings. The van der Waals surface area contributed by atoms with Gasteiger partial charge in [-0.1, -0.05) is 11.3 Å². The number of fused-ring (bicyclic) bond motifs is 2. The van der Waals surface area contributed by atoms with E-state index in [0.717, 1.165) is 10.4 Å². The van der Waals surface area contributed by atoms with Crippen LogP contribution in [0.25, 0.3) is 11.0 Å². The molecule has 34 heavy (non-hydrogen) atoms. The first kappa shape index (κ1) is 21.9. The number of amides is 1. The van der Waals surface area contributed by atoms with E-state index >= 15 is 0 Å². The fourth-order valence-electron chi connectivity index (χ4n) is 3.70. The number of carbonyl (C=O) groups is 2. The molecule has 0 unspecified atom stereocenters. The summed E-state index contributed by atoms with van der Waals surface area (Å²) in [7, 11) is 0. The molecule has 5 rings (SSSR count). The van der Waals surface area contributed by atoms with E-state index in [1.807, 2.05) is 24.4 Å². The van der Waals surface area contributed by atoms with Gasteiger partial charge in [-0.2, -0.15) is 0 Å². The van der Waals surface area contributed by atoms with Gasteiger partial charge in [-0.15, -0.1) is 16.4 Å². The number of aryl methyl sites for hydroxylation is 1. The number of hydrogen-bond acceptors (Lipinski definition) is 8. The van der Waals surface area contributed by atoms with E-state index in [1.165, 1.54) is 0 Å². The predicted molar refractivity (Wildman–Crippen MR) is 126 cm³/mol. The molecule has 1 amide bonds. The van der Waals surface area contributed by atoms with Gasteiger partial charge in [-0.05, 0) is 48.7 Å². The Kier molecular flexibility index (Phi) is 6.13. The highest BCUT2D eigenvalue weighted by Crippen LogP contribution is 2.34. The number of anilines is 1. The minimum atomic E-state index is -0.598. The third-order valence-electron chi connectivity index (χ3n) is 5.41. The number of hydrogen-bond donors (Lipinski definition) is 0. The Bertz CT molecular complexity index is 1330. The quantitative estimate of drug-likeness (QED) is 0.374. The zero-order valence-corrected chi connectivity index (χ0v) is 19.3. The van der Waals surface area contributed by atoms with E-state index in [2.05, 4.69) is 10.3 Å². The average Bonchev–Trinajstić information content (AvgIpc) is 3.54. The molecule has 0 aliphatic carbocycles. The van der Waals surface area contributed by atoms with Crippen molar-refractivity contribution in [2.75, 3.05) is 24.7 Å². The van der Waals surface area contributed by atoms with Crippen molar-refractivity contribution >= 4 is 39.9 Å². The molecule has 0 N–H and O–H groups in total. The van der Waals surface area contributed by atoms with Gasteiger partial charge in [-0.25, -0.2) is 9.48 Å². The van der Waals surface area contributed by atoms with Crippen molar-refractivity contribution in [3.63, 3.8) is 0 Å². The van der Waals surface area contributed by atoms with Gasteiger partial charge in [0.1, 0.15) is 18.7 Å². The number of esters is 1. The molecule has 0 atom stereocenters. The van der Waals surface area contributed by atoms with Crippen LogP contribution in [0.3, 0.4) is 0 Å². The Morgan fingerprint density at radius 2 is 1.97 bits per heavy atom. The number of ether oxygens (including phenoxy) is 3. The van der Waals surface area contributed by atoms with E-state index in [0.29, 0.717) is 54.6 Å². The predicted octanol–water partition coefficient (Wildman–Crippen LogP) is 3.67. The standard InChI is InChI=1S/C24H22N4O5S/c1-2-28-20-7-5-16(12-19(20)25-26-28)24(30)33-15-23(29)27(14-18-4-3-11-34-18)17-6-8-21-22(13-17)32-10-9-31-21/h3-8,11-13H,2,9-10,14-15H2,1H3. The molecule has 1 aliphatic rings. The molecule has 0 saturated carbocycles. The Labute approximate surface area is 199 Å². The summed E-state index contributed by atoms with van der Waals surface area (Å²) in [6.07, 6.45) is 0. The Hall–Kier alpha value is -3.92. The van der Waals surface area contributed by atoms with Gasteiger partial charge in [0.25, 0.3) is 5.91 Å². The highest BCUT2D eigenvalue weighted by molar-refractivity contribution is 7.09. The lowest BCUT2D eigenvalue weighted by atomic mass is 10.2. The summed E-state index contributed by atoms with van der Waals surface area (Å²) in [5.74, 6) is 0.273. The summed E-state index contributed by atoms with van der Waals surface area (Å²) >= 11 is 1.55. The van der Waals surface area contributed by atoms with Crippen LogP contribution in [-0.4, -0.2) is 46.7 Å². The van der Waals surface area contributed by atoms with Crippen LogP contribution in [0.15, 0.2) is 53.9 Å². The van der Waals surface area contributed by atoms with Crippen molar-refractivity contribution < 1.29 is 23.8 Å². The van der Waals surface area contributed by atoms with Gasteiger partial charge < -0.3 is 19.1 Å². The fourth-order valence-corrected chi connectivity index (χ4v) is 4.40. The molecule has 10 heteroatoms. The van der Waals surface area contributed by atoms with E-state index in [1.54, 1.807) is 57.3 Å². The van der Waals surface area contributed by atoms with Gasteiger partial charge in [-0.3, -0.25) is 4.79 Å². The van der Waals surface area contributed by atoms with Gasteiger partial charge >= 0.3 is 5.97 Å². The summed E-state index contributed by atoms with van der Waals surface area (Å²) in [4.78, 5) is 28.4. The molecule has 2 aromatic heterocycles. The molecule has 0 spiro atoms. The lowest BCUT2D eigenvalue weighted by Gasteiger charge is -2.25. The molecule has 0 radical (unpaired) electrons. The topological polar surface area (TPSA) is 95.8 Å². The van der Waals surface area contributed by atoms with Crippen molar-refractivity contribution in [2.24, 2.45) is 0 Å². The average molecular weight is 479 g/mol. The summed E-state index contributed by atoms with van der Waals surface area (Å²) in [6.45, 7) is 3.52. The largest absolute Gasteiger partial charge is 0.486 e. The minimum Gasteiger partial charge on any atom is -0.486 e. The van der Waals surface area contributed by atoms with Gasteiger partial charge in [0.2, 0.25) is 0 Å². The molecular weight excluding hydrogens is 456 g/mol. The zero-order valence-electron chi connectivity index (χ0n) is 18.5. The fraction of sp³-hybridized carbons (Fsp3) is 0.250. The SMILES string of the molecule is CCn1nnc2cc(C(=O)OCC(=O)N(Cc3cccs3)c3ccc4c(c3)OCCO4)ccc21. The van der Waals surface area contributed by atoms with Crippen LogP contribution in [-0.2, 0) is 22.6 Å². The van der Waals surface area contributed by atoms with E-state index < -0.39 is 12.6 Å². The highest BCUT2D eigenvalue weighted by atomic mass is 32.1. The number of thiophene rings is 1. The first-order valence-electron chi connectivity index (χ1n) is 10.8. The van der Waals surface area contributed by atoms with Crippen molar-refractivity contribution in [3.05, 3.63) is 64.4 Å². The normalized spacial score (nSPS) is 12.5. The van der Waals surface area contributed by atoms with Crippen molar-refractivity contribution in [2.45, 2.75) is 20.0 Å². The van der Waals surface area contributed by atoms with E-state index in [-0.39, 0.29) is 5.91 Å². The number of nitrogens with zero attached hydrogens (tertiary/aromatic N) is 4. The van der Waals surface area contributed by atoms with Crippen LogP contribution >= 0.6 is 11.3 Å². The third-order valence-corrected chi connectivity index (χ3v) is 6.27. The number of aromatic nitrogens is 3. The minimum absolute atomic E-state index is 0.313. The first-order valence-corrected chi connectivity index (χ1v) is 11.7. The second-order valence-corrected chi connectivity index (χ2v) is 8.60. The Morgan fingerprint density at radius 1 is 1.12 bits per heavy atom. The monoisotopic (exact) mass is 478 g/mol. The second-order valence-electron chi connectivity index (χ2n) is 7.57. The van der Waals surface area contributed by atoms with Crippen LogP contribution in [0.1, 0.15) is 22.2 Å². The number of rotatable bonds is 7. The molecular formula is C24H22N4O5S. The molecule has 4 aromatic rings. The lowest BCUT2D eigenvalue weighted by molar-refractivity contribution is -0.121. The van der Waals surface area contributed by atoms with Crippen LogP contribution in [0.5, 0.6) is 11.5 Å². The van der Waals surface area contributed by atoms with E-state index in [9.17, 15) is 9.59 Å². The van der Waals surface area contributed by atoms with Crippen molar-refractivity contribution in [1.82, 2.24) is 15.0 Å². The first-order chi connectivity index (χ1) is 16.6. The van der Waals surface area contributed by atoms with Crippen molar-refractivity contribution in [3.8, 4) is 11.5 Å². The van der Waals surface area contributed by atoms with Crippen LogP contribution in [0, 0.1) is 0 Å². The molecule has 174 valence electrons. The van der Waals surface area contributed by atoms with Crippen LogP contribution in [0.2, 0.25) is 0 Å². The molecule has 3 heterocycles. The Balaban J connectivity index is 1.32. The highest BCUT2D eigenvalue weighted by Gasteiger charge is 2.22. The molecule has 0 saturated heterocycles. The maximum atomic E-state index is 13.2. The van der Waals surface area contributed by atoms with Crippen molar-refractivity contribution in [1.29, 1.82) is 0 Å². The molecule has 2 aromatic carbocycles. The molecule has 1 aliphatic heterocycles. The summed E-state index contributed by atoms with van der Waals surface area (Å²) < 4.78 is 18.4. The summed E-state index contributed by atoms with van der Waals surface area (Å²) in [5, 5.41) is 10.1. The number of carbonyl (C=O) groups excluding carboxylic acids is 2.